The molecule has 0 aromatic heterocycles. The maximum absolute atomic E-state index is 10.9. The SMILES string of the molecule is O=[N+]([O-])c1ccc(CP(=O)(O)O)c(CP(=O)(O)O)c1. The van der Waals surface area contributed by atoms with Crippen LogP contribution in [0.2, 0.25) is 0 Å². The smallest absolute Gasteiger partial charge is 0.324 e. The summed E-state index contributed by atoms with van der Waals surface area (Å²) in [5.74, 6) is 0. The van der Waals surface area contributed by atoms with Gasteiger partial charge in [-0.25, -0.2) is 0 Å². The second kappa shape index (κ2) is 5.50. The topological polar surface area (TPSA) is 158 Å². The molecule has 11 heteroatoms. The second-order valence-corrected chi connectivity index (χ2v) is 7.15. The highest BCUT2D eigenvalue weighted by Crippen LogP contribution is 2.45. The van der Waals surface area contributed by atoms with Gasteiger partial charge in [0.05, 0.1) is 17.2 Å². The Kier molecular flexibility index (Phi) is 4.63. The number of hydrogen-bond acceptors (Lipinski definition) is 4. The van der Waals surface area contributed by atoms with Crippen LogP contribution in [0, 0.1) is 10.1 Å². The minimum absolute atomic E-state index is 0.0257. The highest BCUT2D eigenvalue weighted by molar-refractivity contribution is 7.51. The van der Waals surface area contributed by atoms with Crippen LogP contribution in [0.5, 0.6) is 0 Å². The minimum Gasteiger partial charge on any atom is -0.324 e. The Morgan fingerprint density at radius 3 is 1.89 bits per heavy atom. The minimum atomic E-state index is -4.51. The van der Waals surface area contributed by atoms with Gasteiger partial charge in [-0.2, -0.15) is 0 Å². The van der Waals surface area contributed by atoms with Crippen molar-refractivity contribution in [2.24, 2.45) is 0 Å². The lowest BCUT2D eigenvalue weighted by Gasteiger charge is -2.11. The van der Waals surface area contributed by atoms with E-state index in [1.807, 2.05) is 0 Å². The van der Waals surface area contributed by atoms with Crippen molar-refractivity contribution in [3.63, 3.8) is 0 Å². The van der Waals surface area contributed by atoms with Crippen molar-refractivity contribution in [1.82, 2.24) is 0 Å². The van der Waals surface area contributed by atoms with E-state index < -0.39 is 38.1 Å². The molecule has 4 N–H and O–H groups in total. The molecule has 0 aliphatic carbocycles. The average molecular weight is 311 g/mol. The molecule has 1 aromatic carbocycles. The van der Waals surface area contributed by atoms with E-state index in [1.165, 1.54) is 0 Å². The summed E-state index contributed by atoms with van der Waals surface area (Å²) in [5.41, 5.74) is -0.578. The van der Waals surface area contributed by atoms with E-state index in [2.05, 4.69) is 0 Å². The third-order valence-corrected chi connectivity index (χ3v) is 3.66. The first kappa shape index (κ1) is 16.0. The number of rotatable bonds is 5. The van der Waals surface area contributed by atoms with Crippen molar-refractivity contribution < 1.29 is 33.6 Å². The molecule has 0 aliphatic heterocycles. The largest absolute Gasteiger partial charge is 0.329 e. The van der Waals surface area contributed by atoms with Crippen LogP contribution in [0.4, 0.5) is 5.69 Å². The van der Waals surface area contributed by atoms with Crippen molar-refractivity contribution in [3.05, 3.63) is 39.4 Å². The zero-order valence-electron chi connectivity index (χ0n) is 9.41. The lowest BCUT2D eigenvalue weighted by Crippen LogP contribution is -1.99. The van der Waals surface area contributed by atoms with Crippen molar-refractivity contribution >= 4 is 20.9 Å². The molecule has 19 heavy (non-hydrogen) atoms. The van der Waals surface area contributed by atoms with E-state index in [1.54, 1.807) is 0 Å². The Balaban J connectivity index is 3.26. The van der Waals surface area contributed by atoms with Crippen molar-refractivity contribution in [2.75, 3.05) is 0 Å². The van der Waals surface area contributed by atoms with Crippen LogP contribution < -0.4 is 0 Å². The molecule has 0 spiro atoms. The number of nitro benzene ring substituents is 1. The summed E-state index contributed by atoms with van der Waals surface area (Å²) < 4.78 is 21.8. The fourth-order valence-electron chi connectivity index (χ4n) is 1.47. The number of nitro groups is 1. The van der Waals surface area contributed by atoms with Gasteiger partial charge >= 0.3 is 15.2 Å². The van der Waals surface area contributed by atoms with Crippen LogP contribution in [-0.4, -0.2) is 24.5 Å². The Labute approximate surface area is 107 Å². The summed E-state index contributed by atoms with van der Waals surface area (Å²) in [5, 5.41) is 10.6. The van der Waals surface area contributed by atoms with Gasteiger partial charge in [0.15, 0.2) is 0 Å². The molecule has 0 saturated carbocycles. The molecule has 0 radical (unpaired) electrons. The van der Waals surface area contributed by atoms with Crippen LogP contribution >= 0.6 is 15.2 Å². The number of nitrogens with zero attached hydrogens (tertiary/aromatic N) is 1. The summed E-state index contributed by atoms with van der Waals surface area (Å²) in [7, 11) is -8.95. The van der Waals surface area contributed by atoms with Gasteiger partial charge in [-0.15, -0.1) is 0 Å². The molecular weight excluding hydrogens is 300 g/mol. The summed E-state index contributed by atoms with van der Waals surface area (Å²) in [6.45, 7) is 0. The fraction of sp³-hybridized carbons (Fsp3) is 0.250. The Morgan fingerprint density at radius 1 is 1.00 bits per heavy atom. The first-order chi connectivity index (χ1) is 8.48. The number of hydrogen-bond donors (Lipinski definition) is 4. The standard InChI is InChI=1S/C8H11NO8P2/c10-9(11)8-2-1-6(4-18(12,13)14)7(3-8)5-19(15,16)17/h1-3H,4-5H2,(H2,12,13,14)(H2,15,16,17). The Morgan fingerprint density at radius 2 is 1.47 bits per heavy atom. The number of benzene rings is 1. The van der Waals surface area contributed by atoms with Gasteiger partial charge in [0.25, 0.3) is 5.69 Å². The molecule has 0 atom stereocenters. The molecule has 9 nitrogen and oxygen atoms in total. The first-order valence-electron chi connectivity index (χ1n) is 4.83. The van der Waals surface area contributed by atoms with Gasteiger partial charge in [-0.1, -0.05) is 6.07 Å². The van der Waals surface area contributed by atoms with E-state index in [0.29, 0.717) is 0 Å². The molecule has 1 aromatic rings. The van der Waals surface area contributed by atoms with Crippen molar-refractivity contribution in [2.45, 2.75) is 12.3 Å². The summed E-state index contributed by atoms with van der Waals surface area (Å²) >= 11 is 0. The van der Waals surface area contributed by atoms with Crippen LogP contribution in [0.3, 0.4) is 0 Å². The lowest BCUT2D eigenvalue weighted by atomic mass is 10.1. The van der Waals surface area contributed by atoms with Crippen LogP contribution in [0.15, 0.2) is 18.2 Å². The van der Waals surface area contributed by atoms with Crippen molar-refractivity contribution in [3.8, 4) is 0 Å². The third kappa shape index (κ3) is 5.61. The van der Waals surface area contributed by atoms with Crippen molar-refractivity contribution in [1.29, 1.82) is 0 Å². The summed E-state index contributed by atoms with van der Waals surface area (Å²) in [6.07, 6.45) is -1.55. The van der Waals surface area contributed by atoms with Gasteiger partial charge < -0.3 is 19.6 Å². The second-order valence-electron chi connectivity index (χ2n) is 3.86. The van der Waals surface area contributed by atoms with Crippen LogP contribution in [0.1, 0.15) is 11.1 Å². The molecule has 0 fully saturated rings. The van der Waals surface area contributed by atoms with Gasteiger partial charge in [0, 0.05) is 12.1 Å². The lowest BCUT2D eigenvalue weighted by molar-refractivity contribution is -0.384. The molecule has 0 amide bonds. The monoisotopic (exact) mass is 311 g/mol. The molecule has 0 saturated heterocycles. The molecule has 0 aliphatic rings. The van der Waals surface area contributed by atoms with Gasteiger partial charge in [0.1, 0.15) is 0 Å². The zero-order valence-corrected chi connectivity index (χ0v) is 11.2. The Hall–Kier alpha value is -1.08. The van der Waals surface area contributed by atoms with Gasteiger partial charge in [0.2, 0.25) is 0 Å². The molecule has 0 unspecified atom stereocenters. The van der Waals surface area contributed by atoms with E-state index in [-0.39, 0.29) is 11.1 Å². The van der Waals surface area contributed by atoms with Gasteiger partial charge in [-0.05, 0) is 11.1 Å². The highest BCUT2D eigenvalue weighted by atomic mass is 31.2. The third-order valence-electron chi connectivity index (χ3n) is 2.15. The number of non-ortho nitro benzene ring substituents is 1. The quantitative estimate of drug-likeness (QED) is 0.355. The van der Waals surface area contributed by atoms with E-state index in [0.717, 1.165) is 18.2 Å². The van der Waals surface area contributed by atoms with E-state index in [4.69, 9.17) is 19.6 Å². The zero-order chi connectivity index (χ0) is 14.8. The normalized spacial score (nSPS) is 12.4. The predicted molar refractivity (Wildman–Crippen MR) is 64.6 cm³/mol. The fourth-order valence-corrected chi connectivity index (χ4v) is 2.96. The summed E-state index contributed by atoms with van der Waals surface area (Å²) in [6, 6.07) is 3.01. The molecule has 0 heterocycles. The highest BCUT2D eigenvalue weighted by Gasteiger charge is 2.23. The average Bonchev–Trinajstić information content (AvgIpc) is 2.15. The molecule has 0 bridgehead atoms. The molecule has 106 valence electrons. The maximum Gasteiger partial charge on any atom is 0.329 e. The van der Waals surface area contributed by atoms with Gasteiger partial charge in [-0.3, -0.25) is 19.2 Å². The van der Waals surface area contributed by atoms with Crippen LogP contribution in [-0.2, 0) is 21.5 Å². The Bertz CT molecular complexity index is 588. The summed E-state index contributed by atoms with van der Waals surface area (Å²) in [4.78, 5) is 45.3. The molecular formula is C8H11NO8P2. The first-order valence-corrected chi connectivity index (χ1v) is 8.43. The predicted octanol–water partition coefficient (Wildman–Crippen LogP) is 0.950. The van der Waals surface area contributed by atoms with E-state index >= 15 is 0 Å². The van der Waals surface area contributed by atoms with E-state index in [9.17, 15) is 19.2 Å². The molecule has 1 rings (SSSR count). The maximum atomic E-state index is 10.9. The van der Waals surface area contributed by atoms with Crippen LogP contribution in [0.25, 0.3) is 0 Å².